The number of hydrogen-bond donors (Lipinski definition) is 0. The van der Waals surface area contributed by atoms with Crippen molar-refractivity contribution in [3.63, 3.8) is 0 Å². The SMILES string of the molecule is CCn1c(Cl)nn2c(C3CCOCC3)ncc2c1=O. The van der Waals surface area contributed by atoms with Gasteiger partial charge in [-0.25, -0.2) is 9.50 Å². The van der Waals surface area contributed by atoms with Crippen LogP contribution >= 0.6 is 11.6 Å². The minimum Gasteiger partial charge on any atom is -0.381 e. The molecular weight excluding hydrogens is 268 g/mol. The van der Waals surface area contributed by atoms with Crippen LogP contribution in [0.25, 0.3) is 5.52 Å². The lowest BCUT2D eigenvalue weighted by Crippen LogP contribution is -2.25. The highest BCUT2D eigenvalue weighted by Gasteiger charge is 2.22. The van der Waals surface area contributed by atoms with Crippen LogP contribution in [0.5, 0.6) is 0 Å². The molecule has 0 radical (unpaired) electrons. The van der Waals surface area contributed by atoms with E-state index < -0.39 is 0 Å². The predicted octanol–water partition coefficient (Wildman–Crippen LogP) is 1.46. The number of ether oxygens (including phenoxy) is 1. The Bertz CT molecular complexity index is 658. The first kappa shape index (κ1) is 12.6. The molecule has 0 aromatic carbocycles. The fourth-order valence-corrected chi connectivity index (χ4v) is 2.75. The van der Waals surface area contributed by atoms with E-state index in [1.165, 1.54) is 4.57 Å². The number of hydrogen-bond acceptors (Lipinski definition) is 4. The molecule has 0 unspecified atom stereocenters. The largest absolute Gasteiger partial charge is 0.381 e. The Morgan fingerprint density at radius 1 is 1.47 bits per heavy atom. The Balaban J connectivity index is 2.15. The van der Waals surface area contributed by atoms with Gasteiger partial charge in [-0.2, -0.15) is 0 Å². The lowest BCUT2D eigenvalue weighted by molar-refractivity contribution is 0.0832. The molecule has 2 aromatic heterocycles. The van der Waals surface area contributed by atoms with E-state index in [1.807, 2.05) is 6.92 Å². The number of aromatic nitrogens is 4. The summed E-state index contributed by atoms with van der Waals surface area (Å²) in [4.78, 5) is 16.6. The summed E-state index contributed by atoms with van der Waals surface area (Å²) in [7, 11) is 0. The van der Waals surface area contributed by atoms with Crippen LogP contribution in [0.15, 0.2) is 11.0 Å². The standard InChI is InChI=1S/C12H15ClN4O2/c1-2-16-11(18)9-7-14-10(17(9)15-12(16)13)8-3-5-19-6-4-8/h7-8H,2-6H2,1H3. The predicted molar refractivity (Wildman–Crippen MR) is 70.7 cm³/mol. The maximum absolute atomic E-state index is 12.2. The van der Waals surface area contributed by atoms with Gasteiger partial charge in [-0.05, 0) is 31.4 Å². The average Bonchev–Trinajstić information content (AvgIpc) is 2.84. The molecule has 0 bridgehead atoms. The summed E-state index contributed by atoms with van der Waals surface area (Å²) in [6, 6.07) is 0. The third kappa shape index (κ3) is 2.04. The van der Waals surface area contributed by atoms with E-state index in [0.29, 0.717) is 12.1 Å². The van der Waals surface area contributed by atoms with Crippen molar-refractivity contribution in [3.05, 3.63) is 27.7 Å². The minimum atomic E-state index is -0.145. The molecule has 0 atom stereocenters. The first-order valence-electron chi connectivity index (χ1n) is 6.44. The van der Waals surface area contributed by atoms with Gasteiger partial charge in [0.05, 0.1) is 6.20 Å². The minimum absolute atomic E-state index is 0.145. The van der Waals surface area contributed by atoms with Crippen molar-refractivity contribution in [2.24, 2.45) is 0 Å². The van der Waals surface area contributed by atoms with Crippen LogP contribution in [0, 0.1) is 0 Å². The summed E-state index contributed by atoms with van der Waals surface area (Å²) < 4.78 is 8.37. The van der Waals surface area contributed by atoms with Crippen LogP contribution in [0.3, 0.4) is 0 Å². The molecule has 0 N–H and O–H groups in total. The van der Waals surface area contributed by atoms with E-state index in [9.17, 15) is 4.79 Å². The van der Waals surface area contributed by atoms with Crippen molar-refractivity contribution in [1.29, 1.82) is 0 Å². The second-order valence-corrected chi connectivity index (χ2v) is 4.96. The molecule has 19 heavy (non-hydrogen) atoms. The lowest BCUT2D eigenvalue weighted by atomic mass is 10.00. The Hall–Kier alpha value is -1.40. The molecule has 102 valence electrons. The van der Waals surface area contributed by atoms with Crippen molar-refractivity contribution in [1.82, 2.24) is 19.2 Å². The molecule has 0 aliphatic carbocycles. The Labute approximate surface area is 115 Å². The van der Waals surface area contributed by atoms with Gasteiger partial charge < -0.3 is 4.74 Å². The van der Waals surface area contributed by atoms with E-state index in [1.54, 1.807) is 10.7 Å². The maximum atomic E-state index is 12.2. The smallest absolute Gasteiger partial charge is 0.280 e. The van der Waals surface area contributed by atoms with Gasteiger partial charge in [0.1, 0.15) is 5.82 Å². The van der Waals surface area contributed by atoms with E-state index >= 15 is 0 Å². The van der Waals surface area contributed by atoms with Crippen molar-refractivity contribution < 1.29 is 4.74 Å². The van der Waals surface area contributed by atoms with Crippen LogP contribution in [0.2, 0.25) is 5.28 Å². The molecule has 3 rings (SSSR count). The van der Waals surface area contributed by atoms with E-state index in [-0.39, 0.29) is 16.8 Å². The lowest BCUT2D eigenvalue weighted by Gasteiger charge is -2.20. The van der Waals surface area contributed by atoms with Gasteiger partial charge >= 0.3 is 0 Å². The van der Waals surface area contributed by atoms with Crippen molar-refractivity contribution in [2.45, 2.75) is 32.2 Å². The average molecular weight is 283 g/mol. The highest BCUT2D eigenvalue weighted by atomic mass is 35.5. The molecule has 7 heteroatoms. The van der Waals surface area contributed by atoms with Gasteiger partial charge in [-0.15, -0.1) is 5.10 Å². The van der Waals surface area contributed by atoms with Gasteiger partial charge in [0, 0.05) is 25.7 Å². The zero-order valence-corrected chi connectivity index (χ0v) is 11.4. The van der Waals surface area contributed by atoms with E-state index in [0.717, 1.165) is 31.9 Å². The van der Waals surface area contributed by atoms with Crippen LogP contribution in [-0.2, 0) is 11.3 Å². The van der Waals surface area contributed by atoms with Crippen molar-refractivity contribution in [3.8, 4) is 0 Å². The Morgan fingerprint density at radius 2 is 2.21 bits per heavy atom. The van der Waals surface area contributed by atoms with Gasteiger partial charge in [-0.1, -0.05) is 0 Å². The van der Waals surface area contributed by atoms with Crippen molar-refractivity contribution in [2.75, 3.05) is 13.2 Å². The first-order chi connectivity index (χ1) is 9.22. The molecule has 0 saturated carbocycles. The zero-order valence-electron chi connectivity index (χ0n) is 10.7. The second-order valence-electron chi connectivity index (χ2n) is 4.62. The third-order valence-electron chi connectivity index (χ3n) is 3.54. The monoisotopic (exact) mass is 282 g/mol. The summed E-state index contributed by atoms with van der Waals surface area (Å²) >= 11 is 6.05. The summed E-state index contributed by atoms with van der Waals surface area (Å²) in [5.41, 5.74) is 0.334. The molecule has 1 aliphatic heterocycles. The van der Waals surface area contributed by atoms with Gasteiger partial charge in [0.25, 0.3) is 5.56 Å². The molecule has 1 fully saturated rings. The van der Waals surface area contributed by atoms with Gasteiger partial charge in [0.2, 0.25) is 5.28 Å². The quantitative estimate of drug-likeness (QED) is 0.837. The summed E-state index contributed by atoms with van der Waals surface area (Å²) in [6.45, 7) is 3.80. The fourth-order valence-electron chi connectivity index (χ4n) is 2.48. The molecule has 3 heterocycles. The molecule has 1 aliphatic rings. The Morgan fingerprint density at radius 3 is 2.89 bits per heavy atom. The maximum Gasteiger partial charge on any atom is 0.280 e. The molecule has 6 nitrogen and oxygen atoms in total. The highest BCUT2D eigenvalue weighted by molar-refractivity contribution is 6.28. The zero-order chi connectivity index (χ0) is 13.4. The molecule has 0 amide bonds. The number of imidazole rings is 1. The van der Waals surface area contributed by atoms with E-state index in [2.05, 4.69) is 10.1 Å². The first-order valence-corrected chi connectivity index (χ1v) is 6.82. The number of nitrogens with zero attached hydrogens (tertiary/aromatic N) is 4. The van der Waals surface area contributed by atoms with Crippen molar-refractivity contribution >= 4 is 17.1 Å². The van der Waals surface area contributed by atoms with Gasteiger partial charge in [0.15, 0.2) is 5.52 Å². The molecule has 2 aromatic rings. The Kier molecular flexibility index (Phi) is 3.28. The normalized spacial score (nSPS) is 17.2. The van der Waals surface area contributed by atoms with Crippen LogP contribution < -0.4 is 5.56 Å². The van der Waals surface area contributed by atoms with Crippen LogP contribution in [0.4, 0.5) is 0 Å². The highest BCUT2D eigenvalue weighted by Crippen LogP contribution is 2.25. The second kappa shape index (κ2) is 4.94. The number of fused-ring (bicyclic) bond motifs is 1. The van der Waals surface area contributed by atoms with E-state index in [4.69, 9.17) is 16.3 Å². The van der Waals surface area contributed by atoms with Gasteiger partial charge in [-0.3, -0.25) is 9.36 Å². The number of halogens is 1. The summed E-state index contributed by atoms with van der Waals surface area (Å²) in [5, 5.41) is 4.48. The molecule has 1 saturated heterocycles. The third-order valence-corrected chi connectivity index (χ3v) is 3.82. The topological polar surface area (TPSA) is 61.4 Å². The summed E-state index contributed by atoms with van der Waals surface area (Å²) in [6.07, 6.45) is 3.38. The molecule has 0 spiro atoms. The number of rotatable bonds is 2. The van der Waals surface area contributed by atoms with Crippen LogP contribution in [0.1, 0.15) is 31.5 Å². The van der Waals surface area contributed by atoms with Crippen LogP contribution in [-0.4, -0.2) is 32.4 Å². The molecular formula is C12H15ClN4O2. The fraction of sp³-hybridized carbons (Fsp3) is 0.583. The summed E-state index contributed by atoms with van der Waals surface area (Å²) in [5.74, 6) is 1.08.